The van der Waals surface area contributed by atoms with Crippen molar-refractivity contribution in [1.82, 2.24) is 63.1 Å². The van der Waals surface area contributed by atoms with Gasteiger partial charge in [-0.25, -0.2) is 0 Å². The number of fused-ring (bicyclic) bond motifs is 2. The molecule has 0 aliphatic carbocycles. The highest BCUT2D eigenvalue weighted by Crippen LogP contribution is 2.23. The molecular weight excluding hydrogens is 1370 g/mol. The maximum absolute atomic E-state index is 15.1. The average Bonchev–Trinajstić information content (AvgIpc) is 1.80. The summed E-state index contributed by atoms with van der Waals surface area (Å²) in [5.41, 5.74) is 22.6. The maximum Gasteiger partial charge on any atom is 0.245 e. The Morgan fingerprint density at radius 3 is 1.82 bits per heavy atom. The highest BCUT2D eigenvalue weighted by molar-refractivity contribution is 6.30. The topological polar surface area (TPSA) is 459 Å². The predicted octanol–water partition coefficient (Wildman–Crippen LogP) is 2.48. The van der Waals surface area contributed by atoms with Crippen molar-refractivity contribution in [2.75, 3.05) is 19.6 Å². The maximum atomic E-state index is 15.1. The molecule has 105 heavy (non-hydrogen) atoms. The number of rotatable bonds is 26. The normalized spacial score (nSPS) is 19.0. The van der Waals surface area contributed by atoms with Crippen LogP contribution in [-0.4, -0.2) is 167 Å². The molecule has 14 N–H and O–H groups in total. The van der Waals surface area contributed by atoms with Crippen LogP contribution in [0, 0.1) is 5.92 Å². The zero-order valence-corrected chi connectivity index (χ0v) is 59.2. The van der Waals surface area contributed by atoms with E-state index in [1.165, 1.54) is 24.2 Å². The number of nitrogens with zero attached hydrogens (tertiary/aromatic N) is 5. The number of primary amides is 1. The lowest BCUT2D eigenvalue weighted by Crippen LogP contribution is -2.61. The molecule has 0 bridgehead atoms. The van der Waals surface area contributed by atoms with Gasteiger partial charge in [-0.1, -0.05) is 129 Å². The summed E-state index contributed by atoms with van der Waals surface area (Å²) in [7, 11) is 0. The number of aromatic nitrogens is 1. The summed E-state index contributed by atoms with van der Waals surface area (Å²) in [5, 5.41) is 33.7. The fourth-order valence-corrected chi connectivity index (χ4v) is 12.7. The Labute approximate surface area is 610 Å². The number of likely N-dealkylation sites (tertiary alicyclic amines) is 1. The van der Waals surface area contributed by atoms with Crippen LogP contribution in [0.4, 0.5) is 0 Å². The van der Waals surface area contributed by atoms with Gasteiger partial charge in [0.2, 0.25) is 76.8 Å². The lowest BCUT2D eigenvalue weighted by molar-refractivity contribution is -0.142. The number of nitrogens with one attached hydrogen (secondary N) is 10. The smallest absolute Gasteiger partial charge is 0.245 e. The molecule has 0 saturated carbocycles. The quantitative estimate of drug-likeness (QED) is 0.0211. The third-order valence-corrected chi connectivity index (χ3v) is 18.3. The van der Waals surface area contributed by atoms with Crippen molar-refractivity contribution in [1.29, 1.82) is 0 Å². The molecule has 8 rings (SSSR count). The molecule has 30 nitrogen and oxygen atoms in total. The number of nitrogens with two attached hydrogens (primary N) is 2. The summed E-state index contributed by atoms with van der Waals surface area (Å²) in [6.07, 6.45) is 1.29. The number of carbonyl (C=O) groups excluding carboxylic acids is 13. The van der Waals surface area contributed by atoms with Gasteiger partial charge in [0.15, 0.2) is 0 Å². The van der Waals surface area contributed by atoms with Gasteiger partial charge in [-0.15, -0.1) is 0 Å². The second kappa shape index (κ2) is 38.8. The molecule has 2 fully saturated rings. The van der Waals surface area contributed by atoms with Gasteiger partial charge in [-0.3, -0.25) is 67.3 Å². The van der Waals surface area contributed by atoms with Gasteiger partial charge in [-0.2, -0.15) is 0 Å². The van der Waals surface area contributed by atoms with Crippen molar-refractivity contribution in [3.8, 4) is 0 Å². The second-order valence-corrected chi connectivity index (χ2v) is 27.0. The van der Waals surface area contributed by atoms with E-state index < -0.39 is 156 Å². The van der Waals surface area contributed by atoms with Crippen LogP contribution in [0.1, 0.15) is 101 Å². The van der Waals surface area contributed by atoms with Crippen LogP contribution in [0.2, 0.25) is 5.02 Å². The number of benzene rings is 5. The first kappa shape index (κ1) is 79.3. The van der Waals surface area contributed by atoms with Gasteiger partial charge in [0.1, 0.15) is 60.4 Å². The Hall–Kier alpha value is -11.4. The van der Waals surface area contributed by atoms with Gasteiger partial charge in [0.05, 0.1) is 0 Å². The summed E-state index contributed by atoms with van der Waals surface area (Å²) in [5.74, 6) is -11.6. The predicted molar refractivity (Wildman–Crippen MR) is 389 cm³/mol. The molecule has 3 heterocycles. The van der Waals surface area contributed by atoms with E-state index in [4.69, 9.17) is 23.1 Å². The summed E-state index contributed by atoms with van der Waals surface area (Å²) >= 11 is 6.25. The van der Waals surface area contributed by atoms with E-state index in [0.29, 0.717) is 33.7 Å². The number of hydrogen-bond acceptors (Lipinski definition) is 15. The first-order valence-electron chi connectivity index (χ1n) is 34.8. The minimum atomic E-state index is -2.00. The zero-order chi connectivity index (χ0) is 75.7. The fraction of sp³-hybridized carbons (Fsp3) is 0.405. The third-order valence-electron chi connectivity index (χ3n) is 18.0. The summed E-state index contributed by atoms with van der Waals surface area (Å²) in [4.78, 5) is 193. The standard InChI is InChI=1S/C74H88ClN17O13/c1-42(2)32-55-67(98)83-54(74(105)92-31-11-18-62(92)73(104)89-61(40-76)65(77)96)17-8-9-30-80-63(94)28-27-53(66(97)85-58(70(101)84-55)37-46-20-24-49-14-5-7-16-51(49)34-46)82-72(103)60(39-64(95)90-91-78)88-71(102)59(38-47-12-10-29-79-41-47)87-69(100)57(35-44-21-25-52(75)26-22-44)86-68(99)56(81-43(3)93)36-45-19-23-48-13-4-6-15-50(48)33-45/h4-7,10,12-16,19-26,29,33-34,41-42,53-62H,8-9,11,17-18,27-28,30-32,35-40,76H2,1-3H3,(H2,77,96)(H,80,94)(H,81,93)(H,82,103)(H,83,98)(H,84,101)(H,85,97)(H,86,99)(H,87,100)(H,88,102)(H,89,104)/t53-,54-,55-,56+,57+,58+,59+,60-,61?,62-/m0/s1. The molecule has 10 atom stereocenters. The first-order valence-corrected chi connectivity index (χ1v) is 35.2. The minimum absolute atomic E-state index is 0.00390. The van der Waals surface area contributed by atoms with E-state index in [-0.39, 0.29) is 83.3 Å². The van der Waals surface area contributed by atoms with Gasteiger partial charge < -0.3 is 69.5 Å². The summed E-state index contributed by atoms with van der Waals surface area (Å²) < 4.78 is 0. The fourth-order valence-electron chi connectivity index (χ4n) is 12.6. The van der Waals surface area contributed by atoms with Crippen LogP contribution in [0.15, 0.2) is 139 Å². The average molecular weight is 1460 g/mol. The van der Waals surface area contributed by atoms with E-state index in [0.717, 1.165) is 21.5 Å². The third kappa shape index (κ3) is 23.8. The lowest BCUT2D eigenvalue weighted by Gasteiger charge is -2.31. The molecule has 2 aliphatic heterocycles. The molecule has 6 aromatic rings. The SMILES string of the molecule is CC(=O)N[C@H](Cc1ccc2ccccc2c1)C(=O)N[C@H](Cc1ccc(Cl)cc1)C(=O)N[C@H](Cc1cccnc1)C(=O)N[C@@H](CC(=O)N=[N+]=[N-])C(=O)N[C@H]1CCC(=O)NCCCC[C@@H](C(=O)N2CCC[C@H]2C(=O)NC(CN)C(N)=O)NC(=O)[C@H](CC(C)C)NC(=O)[C@@H](Cc2ccc3ccccc3c2)NC1=O. The Morgan fingerprint density at radius 2 is 1.21 bits per heavy atom. The van der Waals surface area contributed by atoms with Gasteiger partial charge in [-0.05, 0) is 124 Å². The minimum Gasteiger partial charge on any atom is -0.368 e. The van der Waals surface area contributed by atoms with Crippen LogP contribution in [0.5, 0.6) is 0 Å². The molecule has 1 unspecified atom stereocenters. The van der Waals surface area contributed by atoms with Crippen molar-refractivity contribution >= 4 is 110 Å². The number of amides is 13. The van der Waals surface area contributed by atoms with Crippen LogP contribution >= 0.6 is 11.6 Å². The van der Waals surface area contributed by atoms with E-state index in [1.807, 2.05) is 66.7 Å². The number of carbonyl (C=O) groups is 13. The number of azide groups is 1. The van der Waals surface area contributed by atoms with E-state index >= 15 is 19.2 Å². The van der Waals surface area contributed by atoms with Crippen molar-refractivity contribution in [2.45, 2.75) is 165 Å². The first-order chi connectivity index (χ1) is 50.3. The van der Waals surface area contributed by atoms with Gasteiger partial charge in [0, 0.05) is 87.4 Å². The van der Waals surface area contributed by atoms with Crippen molar-refractivity contribution in [2.24, 2.45) is 22.5 Å². The van der Waals surface area contributed by atoms with Crippen molar-refractivity contribution in [3.05, 3.63) is 171 Å². The van der Waals surface area contributed by atoms with Gasteiger partial charge >= 0.3 is 0 Å². The van der Waals surface area contributed by atoms with E-state index in [1.54, 1.807) is 68.4 Å². The summed E-state index contributed by atoms with van der Waals surface area (Å²) in [6, 6.07) is 20.9. The number of halogens is 1. The van der Waals surface area contributed by atoms with Crippen LogP contribution in [-0.2, 0) is 88.0 Å². The Morgan fingerprint density at radius 1 is 0.629 bits per heavy atom. The molecule has 2 saturated heterocycles. The molecule has 5 aromatic carbocycles. The van der Waals surface area contributed by atoms with E-state index in [9.17, 15) is 48.7 Å². The number of hydrogen-bond donors (Lipinski definition) is 12. The number of pyridine rings is 1. The molecule has 0 spiro atoms. The summed E-state index contributed by atoms with van der Waals surface area (Å²) in [6.45, 7) is 4.69. The lowest BCUT2D eigenvalue weighted by atomic mass is 9.98. The largest absolute Gasteiger partial charge is 0.368 e. The van der Waals surface area contributed by atoms with Crippen LogP contribution in [0.3, 0.4) is 0 Å². The Bertz CT molecular complexity index is 4220. The molecule has 13 amide bonds. The van der Waals surface area contributed by atoms with Crippen molar-refractivity contribution < 1.29 is 62.3 Å². The van der Waals surface area contributed by atoms with Gasteiger partial charge in [0.25, 0.3) is 0 Å². The zero-order valence-electron chi connectivity index (χ0n) is 58.4. The monoisotopic (exact) mass is 1460 g/mol. The van der Waals surface area contributed by atoms with Crippen molar-refractivity contribution in [3.63, 3.8) is 0 Å². The highest BCUT2D eigenvalue weighted by atomic mass is 35.5. The molecule has 2 aliphatic rings. The molecular formula is C74H88ClN17O13. The molecule has 0 radical (unpaired) electrons. The molecule has 1 aromatic heterocycles. The molecule has 31 heteroatoms. The Kier molecular flexibility index (Phi) is 29.3. The molecule has 554 valence electrons. The highest BCUT2D eigenvalue weighted by Gasteiger charge is 2.41. The van der Waals surface area contributed by atoms with Crippen LogP contribution < -0.4 is 64.6 Å². The van der Waals surface area contributed by atoms with Crippen LogP contribution in [0.25, 0.3) is 32.0 Å². The second-order valence-electron chi connectivity index (χ2n) is 26.5. The Balaban J connectivity index is 1.08. The van der Waals surface area contributed by atoms with E-state index in [2.05, 4.69) is 68.2 Å².